The Morgan fingerprint density at radius 1 is 1.67 bits per heavy atom. The number of nitrogens with two attached hydrogens (primary N) is 1. The minimum Gasteiger partial charge on any atom is -0.472 e. The van der Waals surface area contributed by atoms with Crippen molar-refractivity contribution in [2.45, 2.75) is 0 Å². The lowest BCUT2D eigenvalue weighted by Crippen LogP contribution is -2.07. The number of nitrogen functional groups attached to an aromatic ring is 1. The van der Waals surface area contributed by atoms with E-state index in [0.29, 0.717) is 0 Å². The topological polar surface area (TPSA) is 81.3 Å². The number of hydrogen-bond acceptors (Lipinski definition) is 5. The van der Waals surface area contributed by atoms with Crippen LogP contribution in [0.3, 0.4) is 0 Å². The molecule has 0 unspecified atom stereocenters. The Labute approximate surface area is 68.0 Å². The van der Waals surface area contributed by atoms with Crippen LogP contribution in [-0.4, -0.2) is 28.3 Å². The van der Waals surface area contributed by atoms with Crippen molar-refractivity contribution >= 4 is 5.82 Å². The maximum absolute atomic E-state index is 12.7. The van der Waals surface area contributed by atoms with Gasteiger partial charge in [0, 0.05) is 0 Å². The van der Waals surface area contributed by atoms with Crippen LogP contribution in [0.5, 0.6) is 5.88 Å². The van der Waals surface area contributed by atoms with Gasteiger partial charge in [0.1, 0.15) is 12.4 Å². The van der Waals surface area contributed by atoms with Gasteiger partial charge < -0.3 is 15.6 Å². The van der Waals surface area contributed by atoms with Crippen LogP contribution in [0.25, 0.3) is 0 Å². The number of aliphatic hydroxyl groups excluding tert-OH is 1. The van der Waals surface area contributed by atoms with Crippen molar-refractivity contribution in [2.24, 2.45) is 0 Å². The van der Waals surface area contributed by atoms with E-state index in [1.54, 1.807) is 0 Å². The summed E-state index contributed by atoms with van der Waals surface area (Å²) in [6, 6.07) is 0. The molecular weight excluding hydrogens is 165 g/mol. The SMILES string of the molecule is Nc1cnc(F)c(OCCO)n1. The van der Waals surface area contributed by atoms with Crippen LogP contribution in [0.2, 0.25) is 0 Å². The van der Waals surface area contributed by atoms with E-state index in [0.717, 1.165) is 6.20 Å². The maximum Gasteiger partial charge on any atom is 0.275 e. The highest BCUT2D eigenvalue weighted by Gasteiger charge is 2.05. The lowest BCUT2D eigenvalue weighted by atomic mass is 10.6. The van der Waals surface area contributed by atoms with Crippen LogP contribution in [0.15, 0.2) is 6.20 Å². The lowest BCUT2D eigenvalue weighted by molar-refractivity contribution is 0.190. The van der Waals surface area contributed by atoms with Gasteiger partial charge in [0.2, 0.25) is 0 Å². The fraction of sp³-hybridized carbons (Fsp3) is 0.333. The van der Waals surface area contributed by atoms with Gasteiger partial charge in [0.25, 0.3) is 11.8 Å². The molecular formula is C6H8FN3O2. The minimum absolute atomic E-state index is 0.0327. The highest BCUT2D eigenvalue weighted by molar-refractivity contribution is 5.26. The molecule has 1 aromatic rings. The normalized spacial score (nSPS) is 9.83. The molecule has 0 saturated heterocycles. The zero-order valence-electron chi connectivity index (χ0n) is 6.20. The molecule has 0 aromatic carbocycles. The number of aromatic nitrogens is 2. The molecule has 0 spiro atoms. The first-order valence-corrected chi connectivity index (χ1v) is 3.25. The van der Waals surface area contributed by atoms with Crippen LogP contribution >= 0.6 is 0 Å². The summed E-state index contributed by atoms with van der Waals surface area (Å²) >= 11 is 0. The molecule has 12 heavy (non-hydrogen) atoms. The predicted molar refractivity (Wildman–Crippen MR) is 39.0 cm³/mol. The Kier molecular flexibility index (Phi) is 2.76. The van der Waals surface area contributed by atoms with Crippen molar-refractivity contribution in [3.63, 3.8) is 0 Å². The van der Waals surface area contributed by atoms with Crippen LogP contribution in [0, 0.1) is 5.95 Å². The Morgan fingerprint density at radius 3 is 3.08 bits per heavy atom. The molecule has 0 bridgehead atoms. The third-order valence-electron chi connectivity index (χ3n) is 1.05. The molecule has 0 fully saturated rings. The molecule has 1 aromatic heterocycles. The Bertz CT molecular complexity index is 269. The average molecular weight is 173 g/mol. The number of ether oxygens (including phenoxy) is 1. The number of nitrogens with zero attached hydrogens (tertiary/aromatic N) is 2. The van der Waals surface area contributed by atoms with E-state index in [2.05, 4.69) is 14.7 Å². The highest BCUT2D eigenvalue weighted by atomic mass is 19.1. The second-order valence-corrected chi connectivity index (χ2v) is 1.96. The van der Waals surface area contributed by atoms with Crippen LogP contribution in [0.4, 0.5) is 10.2 Å². The van der Waals surface area contributed by atoms with Crippen LogP contribution < -0.4 is 10.5 Å². The smallest absolute Gasteiger partial charge is 0.275 e. The summed E-state index contributed by atoms with van der Waals surface area (Å²) in [6.45, 7) is -0.245. The van der Waals surface area contributed by atoms with Crippen LogP contribution in [0.1, 0.15) is 0 Å². The molecule has 3 N–H and O–H groups in total. The van der Waals surface area contributed by atoms with Crippen molar-refractivity contribution in [1.29, 1.82) is 0 Å². The van der Waals surface area contributed by atoms with Gasteiger partial charge in [-0.3, -0.25) is 0 Å². The molecule has 0 aliphatic heterocycles. The van der Waals surface area contributed by atoms with Crippen molar-refractivity contribution < 1.29 is 14.2 Å². The lowest BCUT2D eigenvalue weighted by Gasteiger charge is -2.02. The van der Waals surface area contributed by atoms with Gasteiger partial charge in [0.15, 0.2) is 0 Å². The van der Waals surface area contributed by atoms with E-state index in [4.69, 9.17) is 10.8 Å². The van der Waals surface area contributed by atoms with E-state index < -0.39 is 5.95 Å². The summed E-state index contributed by atoms with van der Waals surface area (Å²) < 4.78 is 17.3. The fourth-order valence-electron chi connectivity index (χ4n) is 0.604. The molecule has 0 aliphatic carbocycles. The molecule has 6 heteroatoms. The maximum atomic E-state index is 12.7. The average Bonchev–Trinajstić information content (AvgIpc) is 2.07. The van der Waals surface area contributed by atoms with Gasteiger partial charge in [-0.25, -0.2) is 4.98 Å². The van der Waals surface area contributed by atoms with E-state index in [-0.39, 0.29) is 24.9 Å². The number of halogens is 1. The minimum atomic E-state index is -0.836. The fourth-order valence-corrected chi connectivity index (χ4v) is 0.604. The Balaban J connectivity index is 2.75. The molecule has 0 amide bonds. The van der Waals surface area contributed by atoms with Crippen molar-refractivity contribution in [1.82, 2.24) is 9.97 Å². The van der Waals surface area contributed by atoms with Gasteiger partial charge in [-0.15, -0.1) is 0 Å². The molecule has 0 aliphatic rings. The number of aliphatic hydroxyl groups is 1. The number of anilines is 1. The monoisotopic (exact) mass is 173 g/mol. The zero-order chi connectivity index (χ0) is 8.97. The third-order valence-corrected chi connectivity index (χ3v) is 1.05. The number of hydrogen-bond donors (Lipinski definition) is 2. The molecule has 66 valence electrons. The van der Waals surface area contributed by atoms with Crippen molar-refractivity contribution in [2.75, 3.05) is 18.9 Å². The summed E-state index contributed by atoms with van der Waals surface area (Å²) in [7, 11) is 0. The highest BCUT2D eigenvalue weighted by Crippen LogP contribution is 2.11. The predicted octanol–water partition coefficient (Wildman–Crippen LogP) is -0.431. The first-order chi connectivity index (χ1) is 5.74. The molecule has 1 heterocycles. The molecule has 0 saturated carbocycles. The summed E-state index contributed by atoms with van der Waals surface area (Å²) in [5, 5.41) is 8.36. The second kappa shape index (κ2) is 3.82. The standard InChI is InChI=1S/C6H8FN3O2/c7-5-6(12-2-1-11)10-4(8)3-9-5/h3,11H,1-2H2,(H2,8,10). The van der Waals surface area contributed by atoms with Crippen molar-refractivity contribution in [3.05, 3.63) is 12.1 Å². The Morgan fingerprint density at radius 2 is 2.42 bits per heavy atom. The Hall–Kier alpha value is -1.43. The summed E-state index contributed by atoms with van der Waals surface area (Å²) in [4.78, 5) is 6.79. The quantitative estimate of drug-likeness (QED) is 0.648. The molecule has 0 atom stereocenters. The summed E-state index contributed by atoms with van der Waals surface area (Å²) in [5.41, 5.74) is 5.22. The van der Waals surface area contributed by atoms with Crippen LogP contribution in [-0.2, 0) is 0 Å². The van der Waals surface area contributed by atoms with Crippen molar-refractivity contribution in [3.8, 4) is 5.88 Å². The molecule has 1 rings (SSSR count). The molecule has 5 nitrogen and oxygen atoms in total. The number of rotatable bonds is 3. The van der Waals surface area contributed by atoms with E-state index in [1.807, 2.05) is 0 Å². The third kappa shape index (κ3) is 2.03. The first kappa shape index (κ1) is 8.66. The van der Waals surface area contributed by atoms with Gasteiger partial charge in [-0.1, -0.05) is 0 Å². The second-order valence-electron chi connectivity index (χ2n) is 1.96. The van der Waals surface area contributed by atoms with Gasteiger partial charge in [-0.05, 0) is 0 Å². The van der Waals surface area contributed by atoms with Gasteiger partial charge in [0.05, 0.1) is 12.8 Å². The largest absolute Gasteiger partial charge is 0.472 e. The molecule has 0 radical (unpaired) electrons. The summed E-state index contributed by atoms with van der Waals surface area (Å²) in [5.74, 6) is -1.05. The first-order valence-electron chi connectivity index (χ1n) is 3.25. The van der Waals surface area contributed by atoms with Gasteiger partial charge >= 0.3 is 0 Å². The van der Waals surface area contributed by atoms with E-state index in [1.165, 1.54) is 0 Å². The summed E-state index contributed by atoms with van der Waals surface area (Å²) in [6.07, 6.45) is 1.08. The zero-order valence-corrected chi connectivity index (χ0v) is 6.20. The van der Waals surface area contributed by atoms with E-state index in [9.17, 15) is 4.39 Å². The van der Waals surface area contributed by atoms with E-state index >= 15 is 0 Å². The van der Waals surface area contributed by atoms with Gasteiger partial charge in [-0.2, -0.15) is 9.37 Å².